The van der Waals surface area contributed by atoms with Crippen molar-refractivity contribution in [2.75, 3.05) is 0 Å². The highest BCUT2D eigenvalue weighted by Gasteiger charge is 2.52. The highest BCUT2D eigenvalue weighted by Crippen LogP contribution is 2.33. The Kier molecular flexibility index (Phi) is 8.05. The van der Waals surface area contributed by atoms with Crippen molar-refractivity contribution in [1.29, 1.82) is 0 Å². The molecular formula is C25H24O12. The first-order chi connectivity index (χ1) is 17.4. The minimum absolute atomic E-state index is 0.311. The quantitative estimate of drug-likeness (QED) is 0.156. The average molecular weight is 516 g/mol. The van der Waals surface area contributed by atoms with Crippen molar-refractivity contribution in [1.82, 2.24) is 0 Å². The number of hydrogen-bond donors (Lipinski definition) is 7. The zero-order chi connectivity index (χ0) is 27.3. The van der Waals surface area contributed by atoms with E-state index in [1.807, 2.05) is 0 Å². The fraction of sp³-hybridized carbons (Fsp3) is 0.240. The van der Waals surface area contributed by atoms with Gasteiger partial charge < -0.3 is 45.2 Å². The Morgan fingerprint density at radius 2 is 1.27 bits per heavy atom. The Bertz CT molecular complexity index is 1250. The van der Waals surface area contributed by atoms with Crippen LogP contribution >= 0.6 is 0 Å². The summed E-state index contributed by atoms with van der Waals surface area (Å²) in [5, 5.41) is 68.0. The molecule has 37 heavy (non-hydrogen) atoms. The van der Waals surface area contributed by atoms with Gasteiger partial charge in [0.05, 0.1) is 6.10 Å². The number of hydrogen-bond acceptors (Lipinski definition) is 11. The van der Waals surface area contributed by atoms with Crippen LogP contribution in [0, 0.1) is 0 Å². The summed E-state index contributed by atoms with van der Waals surface area (Å²) in [6, 6.07) is 7.50. The maximum absolute atomic E-state index is 12.4. The SMILES string of the molecule is O=C(/C=C/c1ccc(O)c(O)c1)O[C@H]1[C@@H](O)C[C@@](O)(C(=O)O)C[C@H]1OC(=O)/C=C/c1ccc(O)c(O)c1. The second kappa shape index (κ2) is 11.0. The van der Waals surface area contributed by atoms with Crippen LogP contribution in [0.25, 0.3) is 12.2 Å². The number of phenolic OH excluding ortho intramolecular Hbond substituents is 4. The number of rotatable bonds is 7. The zero-order valence-corrected chi connectivity index (χ0v) is 19.1. The summed E-state index contributed by atoms with van der Waals surface area (Å²) in [4.78, 5) is 36.3. The number of carbonyl (C=O) groups excluding carboxylic acids is 2. The van der Waals surface area contributed by atoms with Crippen molar-refractivity contribution < 1.29 is 59.6 Å². The van der Waals surface area contributed by atoms with Crippen LogP contribution in [0.5, 0.6) is 23.0 Å². The molecule has 0 saturated heterocycles. The number of aromatic hydroxyl groups is 4. The van der Waals surface area contributed by atoms with Gasteiger partial charge in [0.2, 0.25) is 0 Å². The summed E-state index contributed by atoms with van der Waals surface area (Å²) in [6.07, 6.45) is -1.86. The van der Waals surface area contributed by atoms with Gasteiger partial charge >= 0.3 is 17.9 Å². The fourth-order valence-corrected chi connectivity index (χ4v) is 3.66. The first-order valence-electron chi connectivity index (χ1n) is 10.8. The highest BCUT2D eigenvalue weighted by atomic mass is 16.6. The molecule has 0 heterocycles. The third-order valence-electron chi connectivity index (χ3n) is 5.57. The van der Waals surface area contributed by atoms with E-state index in [0.29, 0.717) is 11.1 Å². The Morgan fingerprint density at radius 1 is 0.784 bits per heavy atom. The summed E-state index contributed by atoms with van der Waals surface area (Å²) in [5.74, 6) is -5.29. The maximum atomic E-state index is 12.4. The summed E-state index contributed by atoms with van der Waals surface area (Å²) < 4.78 is 10.4. The fourth-order valence-electron chi connectivity index (χ4n) is 3.66. The molecule has 2 aromatic carbocycles. The minimum Gasteiger partial charge on any atom is -0.504 e. The number of esters is 2. The average Bonchev–Trinajstić information content (AvgIpc) is 2.82. The van der Waals surface area contributed by atoms with Gasteiger partial charge in [-0.3, -0.25) is 0 Å². The number of aliphatic hydroxyl groups excluding tert-OH is 1. The number of carboxylic acids is 1. The maximum Gasteiger partial charge on any atom is 0.335 e. The first kappa shape index (κ1) is 27.0. The van der Waals surface area contributed by atoms with Crippen molar-refractivity contribution in [2.45, 2.75) is 36.8 Å². The lowest BCUT2D eigenvalue weighted by atomic mass is 9.79. The summed E-state index contributed by atoms with van der Waals surface area (Å²) in [5.41, 5.74) is -1.82. The Balaban J connectivity index is 1.75. The topological polar surface area (TPSA) is 211 Å². The largest absolute Gasteiger partial charge is 0.504 e. The third-order valence-corrected chi connectivity index (χ3v) is 5.57. The molecule has 12 heteroatoms. The van der Waals surface area contributed by atoms with E-state index in [9.17, 15) is 50.1 Å². The number of phenols is 4. The Labute approximate surface area is 209 Å². The molecule has 1 aliphatic carbocycles. The van der Waals surface area contributed by atoms with Crippen molar-refractivity contribution in [3.8, 4) is 23.0 Å². The minimum atomic E-state index is -2.46. The molecule has 0 spiro atoms. The molecule has 2 aromatic rings. The van der Waals surface area contributed by atoms with Crippen LogP contribution in [0.4, 0.5) is 0 Å². The molecular weight excluding hydrogens is 492 g/mol. The van der Waals surface area contributed by atoms with Gasteiger partial charge in [-0.15, -0.1) is 0 Å². The van der Waals surface area contributed by atoms with Gasteiger partial charge in [-0.25, -0.2) is 14.4 Å². The Morgan fingerprint density at radius 3 is 1.73 bits per heavy atom. The highest BCUT2D eigenvalue weighted by molar-refractivity contribution is 5.88. The van der Waals surface area contributed by atoms with E-state index >= 15 is 0 Å². The molecule has 12 nitrogen and oxygen atoms in total. The van der Waals surface area contributed by atoms with E-state index in [1.54, 1.807) is 0 Å². The van der Waals surface area contributed by atoms with Gasteiger partial charge in [-0.2, -0.15) is 0 Å². The lowest BCUT2D eigenvalue weighted by Crippen LogP contribution is -2.58. The van der Waals surface area contributed by atoms with Crippen LogP contribution in [0.3, 0.4) is 0 Å². The van der Waals surface area contributed by atoms with E-state index in [-0.39, 0.29) is 11.5 Å². The van der Waals surface area contributed by atoms with E-state index in [1.165, 1.54) is 42.5 Å². The van der Waals surface area contributed by atoms with Crippen molar-refractivity contribution in [2.24, 2.45) is 0 Å². The first-order valence-corrected chi connectivity index (χ1v) is 10.8. The van der Waals surface area contributed by atoms with Gasteiger partial charge in [0.1, 0.15) is 6.10 Å². The number of ether oxygens (including phenoxy) is 2. The molecule has 0 bridgehead atoms. The monoisotopic (exact) mass is 516 g/mol. The second-order valence-corrected chi connectivity index (χ2v) is 8.35. The van der Waals surface area contributed by atoms with Gasteiger partial charge in [0.15, 0.2) is 34.7 Å². The normalized spacial score (nSPS) is 23.7. The molecule has 1 saturated carbocycles. The molecule has 7 N–H and O–H groups in total. The molecule has 4 atom stereocenters. The summed E-state index contributed by atoms with van der Waals surface area (Å²) >= 11 is 0. The lowest BCUT2D eigenvalue weighted by molar-refractivity contribution is -0.204. The number of aliphatic carboxylic acids is 1. The van der Waals surface area contributed by atoms with Gasteiger partial charge in [0.25, 0.3) is 0 Å². The van der Waals surface area contributed by atoms with Crippen LogP contribution < -0.4 is 0 Å². The predicted octanol–water partition coefficient (Wildman–Crippen LogP) is 1.03. The smallest absolute Gasteiger partial charge is 0.335 e. The lowest BCUT2D eigenvalue weighted by Gasteiger charge is -2.40. The number of benzene rings is 2. The van der Waals surface area contributed by atoms with E-state index in [2.05, 4.69) is 0 Å². The van der Waals surface area contributed by atoms with Crippen LogP contribution in [0.1, 0.15) is 24.0 Å². The Hall–Kier alpha value is -4.55. The van der Waals surface area contributed by atoms with Crippen molar-refractivity contribution in [3.05, 3.63) is 59.7 Å². The zero-order valence-electron chi connectivity index (χ0n) is 19.1. The van der Waals surface area contributed by atoms with E-state index in [0.717, 1.165) is 18.2 Å². The van der Waals surface area contributed by atoms with Crippen molar-refractivity contribution in [3.63, 3.8) is 0 Å². The second-order valence-electron chi connectivity index (χ2n) is 8.35. The van der Waals surface area contributed by atoms with Crippen LogP contribution in [0.15, 0.2) is 48.6 Å². The van der Waals surface area contributed by atoms with Gasteiger partial charge in [-0.05, 0) is 47.5 Å². The molecule has 1 fully saturated rings. The van der Waals surface area contributed by atoms with Crippen molar-refractivity contribution >= 4 is 30.1 Å². The van der Waals surface area contributed by atoms with Crippen LogP contribution in [-0.4, -0.2) is 77.6 Å². The standard InChI is InChI=1S/C25H24O12/c26-15-5-1-13(9-17(15)28)3-7-21(31)36-20-12-25(35,24(33)34)11-19(30)23(20)37-22(32)8-4-14-2-6-16(27)18(29)10-14/h1-10,19-20,23,26-30,35H,11-12H2,(H,33,34)/b7-3+,8-4+/t19-,20+,23-,25-/m0/s1. The molecule has 0 aliphatic heterocycles. The summed E-state index contributed by atoms with van der Waals surface area (Å²) in [7, 11) is 0. The molecule has 0 radical (unpaired) electrons. The molecule has 0 aromatic heterocycles. The molecule has 3 rings (SSSR count). The van der Waals surface area contributed by atoms with E-state index < -0.39 is 66.2 Å². The predicted molar refractivity (Wildman–Crippen MR) is 125 cm³/mol. The third kappa shape index (κ3) is 6.78. The number of aliphatic hydroxyl groups is 2. The van der Waals surface area contributed by atoms with Gasteiger partial charge in [-0.1, -0.05) is 12.1 Å². The number of carboxylic acid groups (broad SMARTS) is 1. The summed E-state index contributed by atoms with van der Waals surface area (Å²) in [6.45, 7) is 0. The van der Waals surface area contributed by atoms with Gasteiger partial charge in [0, 0.05) is 25.0 Å². The number of carbonyl (C=O) groups is 3. The molecule has 1 aliphatic rings. The molecule has 0 unspecified atom stereocenters. The van der Waals surface area contributed by atoms with Crippen LogP contribution in [-0.2, 0) is 23.9 Å². The molecule has 0 amide bonds. The molecule has 196 valence electrons. The van der Waals surface area contributed by atoms with E-state index in [4.69, 9.17) is 9.47 Å². The van der Waals surface area contributed by atoms with Crippen LogP contribution in [0.2, 0.25) is 0 Å².